The van der Waals surface area contributed by atoms with Gasteiger partial charge in [-0.15, -0.1) is 12.4 Å². The Hall–Kier alpha value is -1.20. The van der Waals surface area contributed by atoms with Gasteiger partial charge in [0.2, 0.25) is 5.91 Å². The van der Waals surface area contributed by atoms with Gasteiger partial charge in [-0.1, -0.05) is 6.92 Å². The van der Waals surface area contributed by atoms with Gasteiger partial charge in [0.15, 0.2) is 0 Å². The number of carbonyl (C=O) groups excluding carboxylic acids is 1. The predicted molar refractivity (Wildman–Crippen MR) is 84.8 cm³/mol. The van der Waals surface area contributed by atoms with E-state index in [1.54, 1.807) is 0 Å². The Morgan fingerprint density at radius 3 is 2.73 bits per heavy atom. The number of rotatable bonds is 5. The summed E-state index contributed by atoms with van der Waals surface area (Å²) in [6, 6.07) is 3.26. The molecule has 1 aromatic carbocycles. The summed E-state index contributed by atoms with van der Waals surface area (Å²) in [7, 11) is 0. The molecule has 1 amide bonds. The zero-order chi connectivity index (χ0) is 15.2. The summed E-state index contributed by atoms with van der Waals surface area (Å²) < 4.78 is 26.5. The summed E-state index contributed by atoms with van der Waals surface area (Å²) in [5.74, 6) is -0.233. The van der Waals surface area contributed by atoms with Crippen LogP contribution in [0.3, 0.4) is 0 Å². The van der Waals surface area contributed by atoms with E-state index in [9.17, 15) is 13.6 Å². The maximum atomic E-state index is 13.4. The first-order chi connectivity index (χ1) is 10.1. The van der Waals surface area contributed by atoms with Crippen molar-refractivity contribution >= 4 is 18.3 Å². The second-order valence-corrected chi connectivity index (χ2v) is 5.78. The van der Waals surface area contributed by atoms with E-state index in [0.29, 0.717) is 18.3 Å². The second kappa shape index (κ2) is 9.06. The minimum absolute atomic E-state index is 0. The topological polar surface area (TPSA) is 41.1 Å². The highest BCUT2D eigenvalue weighted by Crippen LogP contribution is 2.24. The first-order valence-corrected chi connectivity index (χ1v) is 7.47. The van der Waals surface area contributed by atoms with Crippen LogP contribution in [0.15, 0.2) is 18.2 Å². The molecular formula is C16H23ClF2N2O. The van der Waals surface area contributed by atoms with E-state index < -0.39 is 11.6 Å². The summed E-state index contributed by atoms with van der Waals surface area (Å²) >= 11 is 0. The molecule has 1 saturated heterocycles. The molecule has 1 atom stereocenters. The molecule has 124 valence electrons. The standard InChI is InChI=1S/C16H22F2N2O.ClH/c1-11(12-4-6-19-7-5-12)8-16(21)20-10-13-9-14(17)2-3-15(13)18;/h2-3,9,11-12,19H,4-8,10H2,1H3,(H,20,21);1H. The largest absolute Gasteiger partial charge is 0.352 e. The molecule has 0 bridgehead atoms. The molecule has 22 heavy (non-hydrogen) atoms. The normalized spacial score (nSPS) is 16.7. The van der Waals surface area contributed by atoms with Gasteiger partial charge in [0, 0.05) is 18.5 Å². The van der Waals surface area contributed by atoms with Crippen molar-refractivity contribution in [1.29, 1.82) is 0 Å². The van der Waals surface area contributed by atoms with Gasteiger partial charge in [0.25, 0.3) is 0 Å². The molecule has 0 aliphatic carbocycles. The number of halogens is 3. The first kappa shape index (κ1) is 18.8. The van der Waals surface area contributed by atoms with Crippen molar-refractivity contribution in [3.63, 3.8) is 0 Å². The lowest BCUT2D eigenvalue weighted by Gasteiger charge is -2.27. The van der Waals surface area contributed by atoms with E-state index in [2.05, 4.69) is 17.6 Å². The molecule has 1 aliphatic heterocycles. The fourth-order valence-electron chi connectivity index (χ4n) is 2.82. The van der Waals surface area contributed by atoms with E-state index in [1.807, 2.05) is 0 Å². The van der Waals surface area contributed by atoms with Gasteiger partial charge < -0.3 is 10.6 Å². The second-order valence-electron chi connectivity index (χ2n) is 5.78. The first-order valence-electron chi connectivity index (χ1n) is 7.47. The molecule has 0 spiro atoms. The van der Waals surface area contributed by atoms with E-state index in [4.69, 9.17) is 0 Å². The van der Waals surface area contributed by atoms with Crippen LogP contribution < -0.4 is 10.6 Å². The Morgan fingerprint density at radius 1 is 1.36 bits per heavy atom. The zero-order valence-corrected chi connectivity index (χ0v) is 13.5. The quantitative estimate of drug-likeness (QED) is 0.870. The number of carbonyl (C=O) groups is 1. The monoisotopic (exact) mass is 332 g/mol. The van der Waals surface area contributed by atoms with Gasteiger partial charge >= 0.3 is 0 Å². The Labute approximate surface area is 136 Å². The molecule has 2 rings (SSSR count). The lowest BCUT2D eigenvalue weighted by atomic mass is 9.84. The highest BCUT2D eigenvalue weighted by atomic mass is 35.5. The number of piperidine rings is 1. The van der Waals surface area contributed by atoms with E-state index in [1.165, 1.54) is 0 Å². The summed E-state index contributed by atoms with van der Waals surface area (Å²) in [5.41, 5.74) is 0.179. The molecule has 2 N–H and O–H groups in total. The van der Waals surface area contributed by atoms with Gasteiger partial charge in [-0.2, -0.15) is 0 Å². The summed E-state index contributed by atoms with van der Waals surface area (Å²) in [5, 5.41) is 5.98. The molecular weight excluding hydrogens is 310 g/mol. The van der Waals surface area contributed by atoms with Crippen LogP contribution in [-0.2, 0) is 11.3 Å². The average Bonchev–Trinajstić information content (AvgIpc) is 2.49. The molecule has 1 unspecified atom stereocenters. The molecule has 1 aliphatic rings. The maximum Gasteiger partial charge on any atom is 0.220 e. The molecule has 1 fully saturated rings. The van der Waals surface area contributed by atoms with Gasteiger partial charge in [-0.3, -0.25) is 4.79 Å². The summed E-state index contributed by atoms with van der Waals surface area (Å²) in [4.78, 5) is 11.9. The van der Waals surface area contributed by atoms with Gasteiger partial charge in [-0.25, -0.2) is 8.78 Å². The van der Waals surface area contributed by atoms with Crippen LogP contribution in [0.5, 0.6) is 0 Å². The highest BCUT2D eigenvalue weighted by Gasteiger charge is 2.21. The van der Waals surface area contributed by atoms with Crippen LogP contribution in [0.1, 0.15) is 31.7 Å². The number of hydrogen-bond donors (Lipinski definition) is 2. The van der Waals surface area contributed by atoms with Gasteiger partial charge in [-0.05, 0) is 56.0 Å². The van der Waals surface area contributed by atoms with Crippen molar-refractivity contribution in [2.75, 3.05) is 13.1 Å². The molecule has 0 radical (unpaired) electrons. The third-order valence-electron chi connectivity index (χ3n) is 4.18. The van der Waals surface area contributed by atoms with Crippen molar-refractivity contribution in [1.82, 2.24) is 10.6 Å². The Bertz CT molecular complexity index is 493. The van der Waals surface area contributed by atoms with Crippen LogP contribution in [-0.4, -0.2) is 19.0 Å². The third kappa shape index (κ3) is 5.54. The van der Waals surface area contributed by atoms with Crippen molar-refractivity contribution in [2.24, 2.45) is 11.8 Å². The van der Waals surface area contributed by atoms with Crippen LogP contribution in [0.4, 0.5) is 8.78 Å². The van der Waals surface area contributed by atoms with Crippen LogP contribution >= 0.6 is 12.4 Å². The van der Waals surface area contributed by atoms with Crippen molar-refractivity contribution < 1.29 is 13.6 Å². The Balaban J connectivity index is 0.00000242. The van der Waals surface area contributed by atoms with E-state index >= 15 is 0 Å². The smallest absolute Gasteiger partial charge is 0.220 e. The third-order valence-corrected chi connectivity index (χ3v) is 4.18. The number of nitrogens with one attached hydrogen (secondary N) is 2. The minimum atomic E-state index is -0.497. The van der Waals surface area contributed by atoms with E-state index in [0.717, 1.165) is 44.1 Å². The van der Waals surface area contributed by atoms with Crippen molar-refractivity contribution in [3.05, 3.63) is 35.4 Å². The van der Waals surface area contributed by atoms with Crippen LogP contribution in [0.2, 0.25) is 0 Å². The van der Waals surface area contributed by atoms with Crippen LogP contribution in [0, 0.1) is 23.5 Å². The van der Waals surface area contributed by atoms with Gasteiger partial charge in [0.1, 0.15) is 11.6 Å². The highest BCUT2D eigenvalue weighted by molar-refractivity contribution is 5.85. The maximum absolute atomic E-state index is 13.4. The van der Waals surface area contributed by atoms with Crippen molar-refractivity contribution in [2.45, 2.75) is 32.7 Å². The molecule has 0 saturated carbocycles. The average molecular weight is 333 g/mol. The zero-order valence-electron chi connectivity index (χ0n) is 12.7. The van der Waals surface area contributed by atoms with Crippen LogP contribution in [0.25, 0.3) is 0 Å². The summed E-state index contributed by atoms with van der Waals surface area (Å²) in [6.07, 6.45) is 2.61. The minimum Gasteiger partial charge on any atom is -0.352 e. The molecule has 1 aromatic rings. The lowest BCUT2D eigenvalue weighted by molar-refractivity contribution is -0.122. The summed E-state index contributed by atoms with van der Waals surface area (Å²) in [6.45, 7) is 4.12. The van der Waals surface area contributed by atoms with Gasteiger partial charge in [0.05, 0.1) is 0 Å². The van der Waals surface area contributed by atoms with Crippen molar-refractivity contribution in [3.8, 4) is 0 Å². The fourth-order valence-corrected chi connectivity index (χ4v) is 2.82. The predicted octanol–water partition coefficient (Wildman–Crippen LogP) is 3.03. The SMILES string of the molecule is CC(CC(=O)NCc1cc(F)ccc1F)C1CCNCC1.Cl. The molecule has 3 nitrogen and oxygen atoms in total. The van der Waals surface area contributed by atoms with E-state index in [-0.39, 0.29) is 30.4 Å². The number of hydrogen-bond acceptors (Lipinski definition) is 2. The Morgan fingerprint density at radius 2 is 2.05 bits per heavy atom. The number of amides is 1. The molecule has 0 aromatic heterocycles. The fraction of sp³-hybridized carbons (Fsp3) is 0.562. The number of benzene rings is 1. The lowest BCUT2D eigenvalue weighted by Crippen LogP contribution is -2.33. The Kier molecular flexibility index (Phi) is 7.76. The molecule has 6 heteroatoms. The molecule has 1 heterocycles.